The highest BCUT2D eigenvalue weighted by Crippen LogP contribution is 2.41. The lowest BCUT2D eigenvalue weighted by Crippen LogP contribution is -2.72. The van der Waals surface area contributed by atoms with E-state index < -0.39 is 47.0 Å². The molecule has 2 saturated heterocycles. The van der Waals surface area contributed by atoms with Crippen molar-refractivity contribution in [2.45, 2.75) is 56.9 Å². The number of fused-ring (bicyclic) bond motifs is 1. The van der Waals surface area contributed by atoms with Gasteiger partial charge in [-0.15, -0.1) is 23.1 Å². The molecule has 18 heteroatoms. The number of nitrogens with zero attached hydrogens (tertiary/aromatic N) is 5. The summed E-state index contributed by atoms with van der Waals surface area (Å²) in [6.45, 7) is 6.18. The number of anilines is 1. The van der Waals surface area contributed by atoms with Crippen molar-refractivity contribution in [2.24, 2.45) is 5.16 Å². The zero-order valence-electron chi connectivity index (χ0n) is 23.9. The largest absolute Gasteiger partial charge is 0.543 e. The van der Waals surface area contributed by atoms with Crippen LogP contribution in [0.15, 0.2) is 21.8 Å². The average Bonchev–Trinajstić information content (AvgIpc) is 3.59. The van der Waals surface area contributed by atoms with Crippen molar-refractivity contribution >= 4 is 57.6 Å². The third-order valence-electron chi connectivity index (χ3n) is 7.69. The summed E-state index contributed by atoms with van der Waals surface area (Å²) >= 11 is 2.32. The molecule has 2 fully saturated rings. The minimum Gasteiger partial charge on any atom is -0.543 e. The number of thiazole rings is 1. The summed E-state index contributed by atoms with van der Waals surface area (Å²) in [5.74, 6) is -3.26. The van der Waals surface area contributed by atoms with Crippen LogP contribution in [0.4, 0.5) is 5.13 Å². The number of hydroxylamine groups is 2. The smallest absolute Gasteiger partial charge is 0.276 e. The van der Waals surface area contributed by atoms with Gasteiger partial charge in [0, 0.05) is 36.5 Å². The summed E-state index contributed by atoms with van der Waals surface area (Å²) < 4.78 is 0.458. The molecule has 3 aliphatic rings. The number of oxime groups is 1. The van der Waals surface area contributed by atoms with E-state index in [4.69, 9.17) is 10.6 Å². The molecule has 43 heavy (non-hydrogen) atoms. The molecule has 0 aromatic carbocycles. The topological polar surface area (TPSA) is 231 Å². The van der Waals surface area contributed by atoms with Crippen LogP contribution in [-0.4, -0.2) is 126 Å². The van der Waals surface area contributed by atoms with Gasteiger partial charge in [0.1, 0.15) is 23.7 Å². The minimum atomic E-state index is -1.93. The van der Waals surface area contributed by atoms with E-state index in [1.165, 1.54) is 37.9 Å². The molecule has 3 amide bonds. The van der Waals surface area contributed by atoms with Crippen LogP contribution in [0.2, 0.25) is 0 Å². The Hall–Kier alpha value is -3.29. The first-order valence-electron chi connectivity index (χ1n) is 13.5. The van der Waals surface area contributed by atoms with Crippen molar-refractivity contribution in [1.82, 2.24) is 20.3 Å². The number of nitrogens with two attached hydrogens (primary N) is 1. The Labute approximate surface area is 255 Å². The van der Waals surface area contributed by atoms with Crippen molar-refractivity contribution in [3.63, 3.8) is 0 Å². The number of aromatic nitrogens is 1. The summed E-state index contributed by atoms with van der Waals surface area (Å²) in [6.07, 6.45) is -0.124. The van der Waals surface area contributed by atoms with E-state index in [1.54, 1.807) is 0 Å². The van der Waals surface area contributed by atoms with Crippen LogP contribution in [0.3, 0.4) is 0 Å². The number of carbonyl (C=O) groups excluding carboxylic acids is 4. The van der Waals surface area contributed by atoms with Gasteiger partial charge >= 0.3 is 0 Å². The molecular formula is C25H35N7O9S2. The molecule has 236 valence electrons. The van der Waals surface area contributed by atoms with Crippen LogP contribution in [-0.2, 0) is 24.0 Å². The zero-order valence-corrected chi connectivity index (χ0v) is 25.5. The van der Waals surface area contributed by atoms with Gasteiger partial charge in [0.2, 0.25) is 5.91 Å². The Kier molecular flexibility index (Phi) is 9.67. The Morgan fingerprint density at radius 1 is 1.35 bits per heavy atom. The number of β-lactam (4-membered cyclic amide) rings is 1. The lowest BCUT2D eigenvalue weighted by atomic mass is 10.0. The summed E-state index contributed by atoms with van der Waals surface area (Å²) in [6, 6.07) is -1.10. The van der Waals surface area contributed by atoms with Crippen LogP contribution in [0, 0.1) is 0 Å². The quantitative estimate of drug-likeness (QED) is 0.0408. The van der Waals surface area contributed by atoms with Gasteiger partial charge in [-0.1, -0.05) is 5.16 Å². The van der Waals surface area contributed by atoms with E-state index in [-0.39, 0.29) is 34.5 Å². The van der Waals surface area contributed by atoms with Gasteiger partial charge in [-0.3, -0.25) is 24.5 Å². The first kappa shape index (κ1) is 32.6. The number of likely N-dealkylation sites (tertiary alicyclic amines) is 1. The highest BCUT2D eigenvalue weighted by Gasteiger charge is 2.54. The van der Waals surface area contributed by atoms with E-state index in [9.17, 15) is 39.7 Å². The molecule has 0 bridgehead atoms. The monoisotopic (exact) mass is 641 g/mol. The van der Waals surface area contributed by atoms with Gasteiger partial charge in [0.05, 0.1) is 37.8 Å². The Morgan fingerprint density at radius 3 is 2.58 bits per heavy atom. The third kappa shape index (κ3) is 6.94. The second-order valence-electron chi connectivity index (χ2n) is 11.2. The molecule has 0 saturated carbocycles. The lowest BCUT2D eigenvalue weighted by molar-refractivity contribution is -0.912. The molecule has 0 radical (unpaired) electrons. The summed E-state index contributed by atoms with van der Waals surface area (Å²) in [4.78, 5) is 60.8. The van der Waals surface area contributed by atoms with Gasteiger partial charge < -0.3 is 40.5 Å². The summed E-state index contributed by atoms with van der Waals surface area (Å²) in [5, 5.41) is 49.1. The minimum absolute atomic E-state index is 0.0339. The number of carboxylic acid groups (broad SMARTS) is 1. The summed E-state index contributed by atoms with van der Waals surface area (Å²) in [7, 11) is 0. The number of aliphatic carboxylic acids is 1. The standard InChI is InChI=1S/C25H35N7O9S2/c1-13(33)30(40)6-9-32(7-4-5-8-32)10-14-11-42-21-17(20(35)31(21)18(14)22(36)37)28-19(34)16(15-12-43-24(26)27-15)29-41-25(2,3)23(38)39/h12,17,21,23,38-40H,4-11H2,1-3H3,(H3-,26,27,28,34,36,37)/b29-16-/t17-,21-/m1/s1. The fraction of sp³-hybridized carbons (Fsp3) is 0.600. The van der Waals surface area contributed by atoms with E-state index in [0.717, 1.165) is 42.2 Å². The van der Waals surface area contributed by atoms with Crippen LogP contribution < -0.4 is 16.2 Å². The molecule has 0 spiro atoms. The highest BCUT2D eigenvalue weighted by molar-refractivity contribution is 8.00. The number of nitrogens with one attached hydrogen (secondary N) is 1. The first-order valence-corrected chi connectivity index (χ1v) is 15.4. The maximum atomic E-state index is 13.3. The second kappa shape index (κ2) is 12.7. The van der Waals surface area contributed by atoms with Crippen molar-refractivity contribution in [3.05, 3.63) is 22.3 Å². The SMILES string of the molecule is CC(=O)N(O)CC[N+]1(CC2=C(C(=O)[O-])N3C(=O)[C@@H](NC(=O)/C(=N\OC(C)(C)C(O)O)c4csc(N)n4)[C@H]3SC2)CCCC1. The third-order valence-corrected chi connectivity index (χ3v) is 9.71. The van der Waals surface area contributed by atoms with Gasteiger partial charge in [0.25, 0.3) is 11.8 Å². The molecule has 0 unspecified atom stereocenters. The van der Waals surface area contributed by atoms with Crippen molar-refractivity contribution < 1.29 is 49.0 Å². The zero-order chi connectivity index (χ0) is 31.7. The van der Waals surface area contributed by atoms with Crippen molar-refractivity contribution in [1.29, 1.82) is 0 Å². The fourth-order valence-corrected chi connectivity index (χ4v) is 7.03. The number of nitrogen functional groups attached to an aromatic ring is 1. The van der Waals surface area contributed by atoms with E-state index in [1.807, 2.05) is 0 Å². The Morgan fingerprint density at radius 2 is 2.02 bits per heavy atom. The second-order valence-corrected chi connectivity index (χ2v) is 13.2. The number of hydrogen-bond donors (Lipinski definition) is 5. The van der Waals surface area contributed by atoms with Crippen molar-refractivity contribution in [2.75, 3.05) is 44.2 Å². The number of quaternary nitrogens is 1. The summed E-state index contributed by atoms with van der Waals surface area (Å²) in [5.41, 5.74) is 4.05. The van der Waals surface area contributed by atoms with Crippen LogP contribution >= 0.6 is 23.1 Å². The first-order chi connectivity index (χ1) is 20.2. The predicted molar refractivity (Wildman–Crippen MR) is 152 cm³/mol. The molecule has 0 aliphatic carbocycles. The van der Waals surface area contributed by atoms with Gasteiger partial charge in [-0.25, -0.2) is 10.0 Å². The highest BCUT2D eigenvalue weighted by atomic mass is 32.2. The van der Waals surface area contributed by atoms with Crippen LogP contribution in [0.25, 0.3) is 0 Å². The van der Waals surface area contributed by atoms with E-state index in [2.05, 4.69) is 15.5 Å². The maximum Gasteiger partial charge on any atom is 0.276 e. The molecule has 6 N–H and O–H groups in total. The number of carboxylic acids is 1. The number of thioether (sulfide) groups is 1. The molecule has 4 heterocycles. The predicted octanol–water partition coefficient (Wildman–Crippen LogP) is -2.21. The lowest BCUT2D eigenvalue weighted by Gasteiger charge is -2.51. The Balaban J connectivity index is 1.53. The molecule has 3 aliphatic heterocycles. The number of rotatable bonds is 12. The van der Waals surface area contributed by atoms with Gasteiger partial charge in [-0.05, 0) is 13.8 Å². The molecular weight excluding hydrogens is 606 g/mol. The van der Waals surface area contributed by atoms with Crippen LogP contribution in [0.5, 0.6) is 0 Å². The molecule has 16 nitrogen and oxygen atoms in total. The van der Waals surface area contributed by atoms with E-state index in [0.29, 0.717) is 28.2 Å². The number of hydrogen-bond acceptors (Lipinski definition) is 14. The number of amides is 3. The van der Waals surface area contributed by atoms with Crippen LogP contribution in [0.1, 0.15) is 39.3 Å². The molecule has 1 aromatic rings. The molecule has 2 atom stereocenters. The van der Waals surface area contributed by atoms with E-state index >= 15 is 0 Å². The van der Waals surface area contributed by atoms with Crippen molar-refractivity contribution in [3.8, 4) is 0 Å². The number of carbonyl (C=O) groups is 4. The number of aliphatic hydroxyl groups is 2. The fourth-order valence-electron chi connectivity index (χ4n) is 5.15. The maximum absolute atomic E-state index is 13.3. The Bertz CT molecular complexity index is 1340. The number of aliphatic hydroxyl groups excluding tert-OH is 1. The van der Waals surface area contributed by atoms with Gasteiger partial charge in [-0.2, -0.15) is 0 Å². The molecule has 4 rings (SSSR count). The average molecular weight is 642 g/mol. The molecule has 1 aromatic heterocycles. The normalized spacial score (nSPS) is 21.9. The van der Waals surface area contributed by atoms with Gasteiger partial charge in [0.15, 0.2) is 22.7 Å².